The van der Waals surface area contributed by atoms with Crippen molar-refractivity contribution in [1.29, 1.82) is 0 Å². The molecule has 8 nitrogen and oxygen atoms in total. The molecule has 20 heavy (non-hydrogen) atoms. The number of carboxylic acids is 1. The van der Waals surface area contributed by atoms with Crippen LogP contribution in [0.15, 0.2) is 12.2 Å². The van der Waals surface area contributed by atoms with Gasteiger partial charge in [-0.2, -0.15) is 0 Å². The SMILES string of the molecule is C=C(C)COCCNC(=O)N[C@@H](CC(=O)OC)C(=O)O. The van der Waals surface area contributed by atoms with Crippen LogP contribution in [-0.2, 0) is 19.1 Å². The first-order chi connectivity index (χ1) is 9.36. The number of rotatable bonds is 9. The zero-order chi connectivity index (χ0) is 15.5. The number of nitrogens with one attached hydrogen (secondary N) is 2. The molecule has 0 bridgehead atoms. The smallest absolute Gasteiger partial charge is 0.326 e. The van der Waals surface area contributed by atoms with Crippen LogP contribution in [0, 0.1) is 0 Å². The van der Waals surface area contributed by atoms with Crippen molar-refractivity contribution >= 4 is 18.0 Å². The fourth-order valence-corrected chi connectivity index (χ4v) is 1.14. The summed E-state index contributed by atoms with van der Waals surface area (Å²) in [5.41, 5.74) is 0.860. The van der Waals surface area contributed by atoms with Gasteiger partial charge in [0.1, 0.15) is 6.04 Å². The van der Waals surface area contributed by atoms with Crippen LogP contribution in [0.5, 0.6) is 0 Å². The molecule has 0 unspecified atom stereocenters. The lowest BCUT2D eigenvalue weighted by atomic mass is 10.2. The minimum absolute atomic E-state index is 0.212. The number of methoxy groups -OCH3 is 1. The molecule has 0 aromatic carbocycles. The van der Waals surface area contributed by atoms with E-state index in [0.717, 1.165) is 12.7 Å². The van der Waals surface area contributed by atoms with Gasteiger partial charge in [0.25, 0.3) is 0 Å². The van der Waals surface area contributed by atoms with E-state index in [0.29, 0.717) is 6.61 Å². The molecule has 3 N–H and O–H groups in total. The molecule has 0 aliphatic rings. The van der Waals surface area contributed by atoms with Crippen LogP contribution in [0.25, 0.3) is 0 Å². The number of hydrogen-bond acceptors (Lipinski definition) is 5. The minimum atomic E-state index is -1.33. The number of carbonyl (C=O) groups is 3. The van der Waals surface area contributed by atoms with Crippen molar-refractivity contribution in [2.24, 2.45) is 0 Å². The summed E-state index contributed by atoms with van der Waals surface area (Å²) in [6.07, 6.45) is -0.439. The Labute approximate surface area is 117 Å². The third-order valence-electron chi connectivity index (χ3n) is 2.08. The van der Waals surface area contributed by atoms with Crippen molar-refractivity contribution in [2.75, 3.05) is 26.9 Å². The van der Waals surface area contributed by atoms with Crippen molar-refractivity contribution in [3.8, 4) is 0 Å². The van der Waals surface area contributed by atoms with Gasteiger partial charge < -0.3 is 25.2 Å². The van der Waals surface area contributed by atoms with E-state index < -0.39 is 30.4 Å². The summed E-state index contributed by atoms with van der Waals surface area (Å²) in [5, 5.41) is 13.4. The van der Waals surface area contributed by atoms with E-state index >= 15 is 0 Å². The third-order valence-corrected chi connectivity index (χ3v) is 2.08. The standard InChI is InChI=1S/C12H20N2O6/c1-8(2)7-20-5-4-13-12(18)14-9(11(16)17)6-10(15)19-3/h9H,1,4-7H2,2-3H3,(H,16,17)(H2,13,14,18)/t9-/m0/s1. The number of aliphatic carboxylic acids is 1. The normalized spacial score (nSPS) is 11.3. The first kappa shape index (κ1) is 17.9. The van der Waals surface area contributed by atoms with Crippen molar-refractivity contribution in [1.82, 2.24) is 10.6 Å². The van der Waals surface area contributed by atoms with Gasteiger partial charge in [-0.05, 0) is 6.92 Å². The zero-order valence-electron chi connectivity index (χ0n) is 11.6. The number of esters is 1. The van der Waals surface area contributed by atoms with E-state index in [1.165, 1.54) is 0 Å². The van der Waals surface area contributed by atoms with E-state index in [4.69, 9.17) is 9.84 Å². The van der Waals surface area contributed by atoms with Crippen molar-refractivity contribution in [2.45, 2.75) is 19.4 Å². The second-order valence-electron chi connectivity index (χ2n) is 4.08. The highest BCUT2D eigenvalue weighted by Crippen LogP contribution is 1.95. The lowest BCUT2D eigenvalue weighted by Gasteiger charge is -2.14. The van der Waals surface area contributed by atoms with E-state index in [1.807, 2.05) is 6.92 Å². The molecule has 2 amide bonds. The second kappa shape index (κ2) is 9.79. The van der Waals surface area contributed by atoms with Crippen molar-refractivity contribution in [3.05, 3.63) is 12.2 Å². The Morgan fingerprint density at radius 3 is 2.50 bits per heavy atom. The van der Waals surface area contributed by atoms with Gasteiger partial charge in [0.2, 0.25) is 0 Å². The lowest BCUT2D eigenvalue weighted by Crippen LogP contribution is -2.47. The fraction of sp³-hybridized carbons (Fsp3) is 0.583. The van der Waals surface area contributed by atoms with Gasteiger partial charge >= 0.3 is 18.0 Å². The van der Waals surface area contributed by atoms with E-state index in [-0.39, 0.29) is 13.2 Å². The molecular weight excluding hydrogens is 268 g/mol. The number of amides is 2. The highest BCUT2D eigenvalue weighted by Gasteiger charge is 2.23. The zero-order valence-corrected chi connectivity index (χ0v) is 11.6. The number of hydrogen-bond donors (Lipinski definition) is 3. The van der Waals surface area contributed by atoms with E-state index in [9.17, 15) is 14.4 Å². The maximum Gasteiger partial charge on any atom is 0.326 e. The largest absolute Gasteiger partial charge is 0.480 e. The molecule has 0 fully saturated rings. The van der Waals surface area contributed by atoms with Crippen LogP contribution in [0.3, 0.4) is 0 Å². The number of carbonyl (C=O) groups excluding carboxylic acids is 2. The van der Waals surface area contributed by atoms with Crippen LogP contribution in [0.4, 0.5) is 4.79 Å². The summed E-state index contributed by atoms with van der Waals surface area (Å²) in [4.78, 5) is 33.3. The summed E-state index contributed by atoms with van der Waals surface area (Å²) < 4.78 is 9.49. The van der Waals surface area contributed by atoms with Gasteiger partial charge in [-0.25, -0.2) is 9.59 Å². The first-order valence-electron chi connectivity index (χ1n) is 5.93. The molecule has 1 atom stereocenters. The summed E-state index contributed by atoms with van der Waals surface area (Å²) in [6.45, 7) is 6.34. The minimum Gasteiger partial charge on any atom is -0.480 e. The molecule has 0 aromatic heterocycles. The molecule has 8 heteroatoms. The lowest BCUT2D eigenvalue weighted by molar-refractivity contribution is -0.147. The quantitative estimate of drug-likeness (QED) is 0.310. The predicted molar refractivity (Wildman–Crippen MR) is 70.2 cm³/mol. The van der Waals surface area contributed by atoms with Gasteiger partial charge in [0.05, 0.1) is 26.7 Å². The van der Waals surface area contributed by atoms with Crippen LogP contribution in [-0.4, -0.2) is 56.0 Å². The molecule has 0 radical (unpaired) electrons. The summed E-state index contributed by atoms with van der Waals surface area (Å²) in [5.74, 6) is -2.04. The van der Waals surface area contributed by atoms with Gasteiger partial charge in [-0.3, -0.25) is 4.79 Å². The van der Waals surface area contributed by atoms with E-state index in [2.05, 4.69) is 21.9 Å². The monoisotopic (exact) mass is 288 g/mol. The predicted octanol–water partition coefficient (Wildman–Crippen LogP) is -0.105. The first-order valence-corrected chi connectivity index (χ1v) is 5.93. The Morgan fingerprint density at radius 1 is 1.35 bits per heavy atom. The summed E-state index contributed by atoms with van der Waals surface area (Å²) in [7, 11) is 1.14. The molecule has 0 saturated carbocycles. The maximum atomic E-state index is 11.4. The highest BCUT2D eigenvalue weighted by molar-refractivity contribution is 5.86. The number of carboxylic acid groups (broad SMARTS) is 1. The van der Waals surface area contributed by atoms with Crippen molar-refractivity contribution in [3.63, 3.8) is 0 Å². The van der Waals surface area contributed by atoms with Crippen LogP contribution >= 0.6 is 0 Å². The van der Waals surface area contributed by atoms with Crippen LogP contribution in [0.1, 0.15) is 13.3 Å². The molecule has 0 aliphatic heterocycles. The Hall–Kier alpha value is -2.09. The van der Waals surface area contributed by atoms with Crippen LogP contribution < -0.4 is 10.6 Å². The molecule has 114 valence electrons. The average Bonchev–Trinajstić information content (AvgIpc) is 2.36. The molecule has 0 saturated heterocycles. The molecule has 0 spiro atoms. The Kier molecular flexibility index (Phi) is 8.77. The highest BCUT2D eigenvalue weighted by atomic mass is 16.5. The summed E-state index contributed by atoms with van der Waals surface area (Å²) in [6, 6.07) is -2.03. The topological polar surface area (TPSA) is 114 Å². The fourth-order valence-electron chi connectivity index (χ4n) is 1.14. The molecule has 0 aliphatic carbocycles. The molecule has 0 aromatic rings. The summed E-state index contributed by atoms with van der Waals surface area (Å²) >= 11 is 0. The Balaban J connectivity index is 3.98. The van der Waals surface area contributed by atoms with Gasteiger partial charge in [0.15, 0.2) is 0 Å². The van der Waals surface area contributed by atoms with Gasteiger partial charge in [0, 0.05) is 6.54 Å². The second-order valence-corrected chi connectivity index (χ2v) is 4.08. The van der Waals surface area contributed by atoms with E-state index in [1.54, 1.807) is 0 Å². The van der Waals surface area contributed by atoms with Gasteiger partial charge in [-0.15, -0.1) is 0 Å². The van der Waals surface area contributed by atoms with Crippen LogP contribution in [0.2, 0.25) is 0 Å². The van der Waals surface area contributed by atoms with Crippen molar-refractivity contribution < 1.29 is 29.0 Å². The Morgan fingerprint density at radius 2 is 2.00 bits per heavy atom. The number of urea groups is 1. The molecule has 0 heterocycles. The third kappa shape index (κ3) is 8.92. The maximum absolute atomic E-state index is 11.4. The average molecular weight is 288 g/mol. The molecule has 0 rings (SSSR count). The number of ether oxygens (including phenoxy) is 2. The Bertz CT molecular complexity index is 369. The van der Waals surface area contributed by atoms with Gasteiger partial charge in [-0.1, -0.05) is 12.2 Å². The molecular formula is C12H20N2O6.